The van der Waals surface area contributed by atoms with Crippen molar-refractivity contribution in [3.63, 3.8) is 0 Å². The smallest absolute Gasteiger partial charge is 0.0514 e. The molecule has 0 bridgehead atoms. The highest BCUT2D eigenvalue weighted by Gasteiger charge is 2.25. The molecule has 0 fully saturated rings. The largest absolute Gasteiger partial charge is 0.326 e. The van der Waals surface area contributed by atoms with E-state index in [4.69, 9.17) is 17.3 Å². The summed E-state index contributed by atoms with van der Waals surface area (Å²) in [5.74, 6) is 0. The third-order valence-electron chi connectivity index (χ3n) is 3.73. The molecular formula is C17H22ClN3. The molecule has 1 aromatic heterocycles. The van der Waals surface area contributed by atoms with Gasteiger partial charge >= 0.3 is 0 Å². The van der Waals surface area contributed by atoms with Crippen LogP contribution < -0.4 is 5.73 Å². The third kappa shape index (κ3) is 4.03. The van der Waals surface area contributed by atoms with Gasteiger partial charge in [0.25, 0.3) is 0 Å². The lowest BCUT2D eigenvalue weighted by molar-refractivity contribution is 0.201. The van der Waals surface area contributed by atoms with Crippen molar-refractivity contribution in [1.29, 1.82) is 0 Å². The van der Waals surface area contributed by atoms with E-state index in [0.717, 1.165) is 23.6 Å². The van der Waals surface area contributed by atoms with Gasteiger partial charge in [0, 0.05) is 30.0 Å². The predicted octanol–water partition coefficient (Wildman–Crippen LogP) is 3.65. The normalized spacial score (nSPS) is 14.1. The van der Waals surface area contributed by atoms with Gasteiger partial charge in [0.1, 0.15) is 0 Å². The highest BCUT2D eigenvalue weighted by molar-refractivity contribution is 6.31. The van der Waals surface area contributed by atoms with Crippen molar-refractivity contribution in [3.8, 4) is 0 Å². The minimum Gasteiger partial charge on any atom is -0.326 e. The predicted molar refractivity (Wildman–Crippen MR) is 88.2 cm³/mol. The van der Waals surface area contributed by atoms with E-state index < -0.39 is 0 Å². The molecule has 1 aromatic carbocycles. The topological polar surface area (TPSA) is 42.1 Å². The van der Waals surface area contributed by atoms with Gasteiger partial charge in [0.15, 0.2) is 0 Å². The minimum absolute atomic E-state index is 0.0339. The molecule has 0 saturated heterocycles. The van der Waals surface area contributed by atoms with Crippen LogP contribution in [0.5, 0.6) is 0 Å². The summed E-state index contributed by atoms with van der Waals surface area (Å²) < 4.78 is 0. The standard InChI is InChI=1S/C17H22ClN3/c1-3-16(19)17(14-8-4-5-9-15(14)18)21(2)12-13-7-6-10-20-11-13/h4-11,16-17H,3,12,19H2,1-2H3. The van der Waals surface area contributed by atoms with Gasteiger partial charge in [-0.3, -0.25) is 9.88 Å². The van der Waals surface area contributed by atoms with E-state index in [1.54, 1.807) is 6.20 Å². The maximum atomic E-state index is 6.37. The van der Waals surface area contributed by atoms with Gasteiger partial charge in [-0.25, -0.2) is 0 Å². The van der Waals surface area contributed by atoms with Crippen molar-refractivity contribution in [2.45, 2.75) is 32.0 Å². The Morgan fingerprint density at radius 3 is 2.62 bits per heavy atom. The van der Waals surface area contributed by atoms with Crippen molar-refractivity contribution in [1.82, 2.24) is 9.88 Å². The van der Waals surface area contributed by atoms with Gasteiger partial charge in [-0.05, 0) is 36.7 Å². The first-order valence-electron chi connectivity index (χ1n) is 7.22. The number of rotatable bonds is 6. The lowest BCUT2D eigenvalue weighted by atomic mass is 9.96. The van der Waals surface area contributed by atoms with Gasteiger partial charge in [0.2, 0.25) is 0 Å². The summed E-state index contributed by atoms with van der Waals surface area (Å²) in [5.41, 5.74) is 8.61. The average Bonchev–Trinajstić information content (AvgIpc) is 2.50. The van der Waals surface area contributed by atoms with Crippen LogP contribution in [0, 0.1) is 0 Å². The van der Waals surface area contributed by atoms with Crippen LogP contribution in [-0.2, 0) is 6.54 Å². The second-order valence-electron chi connectivity index (χ2n) is 5.31. The minimum atomic E-state index is 0.0339. The van der Waals surface area contributed by atoms with Crippen LogP contribution >= 0.6 is 11.6 Å². The fourth-order valence-corrected chi connectivity index (χ4v) is 2.86. The molecule has 0 amide bonds. The quantitative estimate of drug-likeness (QED) is 0.886. The number of benzene rings is 1. The van der Waals surface area contributed by atoms with Gasteiger partial charge in [-0.15, -0.1) is 0 Å². The molecule has 0 radical (unpaired) electrons. The zero-order valence-electron chi connectivity index (χ0n) is 12.5. The number of nitrogens with two attached hydrogens (primary N) is 1. The Balaban J connectivity index is 2.26. The number of aromatic nitrogens is 1. The van der Waals surface area contributed by atoms with Crippen molar-refractivity contribution in [3.05, 3.63) is 64.9 Å². The first-order chi connectivity index (χ1) is 10.1. The fourth-order valence-electron chi connectivity index (χ4n) is 2.61. The van der Waals surface area contributed by atoms with E-state index in [1.165, 1.54) is 5.56 Å². The summed E-state index contributed by atoms with van der Waals surface area (Å²) >= 11 is 6.37. The number of nitrogens with zero attached hydrogens (tertiary/aromatic N) is 2. The third-order valence-corrected chi connectivity index (χ3v) is 4.07. The fraction of sp³-hybridized carbons (Fsp3) is 0.353. The van der Waals surface area contributed by atoms with Crippen LogP contribution in [0.3, 0.4) is 0 Å². The molecule has 2 unspecified atom stereocenters. The average molecular weight is 304 g/mol. The number of likely N-dealkylation sites (N-methyl/N-ethyl adjacent to an activating group) is 1. The maximum Gasteiger partial charge on any atom is 0.0514 e. The van der Waals surface area contributed by atoms with Crippen molar-refractivity contribution >= 4 is 11.6 Å². The van der Waals surface area contributed by atoms with Gasteiger partial charge in [0.05, 0.1) is 6.04 Å². The molecule has 2 aromatic rings. The molecule has 21 heavy (non-hydrogen) atoms. The monoisotopic (exact) mass is 303 g/mol. The van der Waals surface area contributed by atoms with Gasteiger partial charge < -0.3 is 5.73 Å². The van der Waals surface area contributed by atoms with Crippen molar-refractivity contribution in [2.24, 2.45) is 5.73 Å². The Labute approximate surface area is 131 Å². The Morgan fingerprint density at radius 1 is 1.24 bits per heavy atom. The van der Waals surface area contributed by atoms with E-state index in [-0.39, 0.29) is 12.1 Å². The molecule has 2 atom stereocenters. The Kier molecular flexibility index (Phi) is 5.74. The first kappa shape index (κ1) is 16.0. The summed E-state index contributed by atoms with van der Waals surface area (Å²) in [6.45, 7) is 2.89. The second-order valence-corrected chi connectivity index (χ2v) is 5.72. The molecule has 0 saturated carbocycles. The molecule has 3 nitrogen and oxygen atoms in total. The summed E-state index contributed by atoms with van der Waals surface area (Å²) in [6.07, 6.45) is 4.57. The molecule has 1 heterocycles. The van der Waals surface area contributed by atoms with Crippen LogP contribution in [-0.4, -0.2) is 23.0 Å². The summed E-state index contributed by atoms with van der Waals surface area (Å²) in [5, 5.41) is 0.768. The lowest BCUT2D eigenvalue weighted by Crippen LogP contribution is -2.38. The SMILES string of the molecule is CCC(N)C(c1ccccc1Cl)N(C)Cc1cccnc1. The first-order valence-corrected chi connectivity index (χ1v) is 7.60. The Bertz CT molecular complexity index is 559. The van der Waals surface area contributed by atoms with Crippen LogP contribution in [0.1, 0.15) is 30.5 Å². The van der Waals surface area contributed by atoms with Crippen LogP contribution in [0.2, 0.25) is 5.02 Å². The zero-order valence-corrected chi connectivity index (χ0v) is 13.3. The zero-order chi connectivity index (χ0) is 15.2. The number of hydrogen-bond donors (Lipinski definition) is 1. The molecule has 0 spiro atoms. The summed E-state index contributed by atoms with van der Waals surface area (Å²) in [4.78, 5) is 6.41. The van der Waals surface area contributed by atoms with Crippen LogP contribution in [0.4, 0.5) is 0 Å². The molecular weight excluding hydrogens is 282 g/mol. The number of hydrogen-bond acceptors (Lipinski definition) is 3. The molecule has 2 N–H and O–H groups in total. The van der Waals surface area contributed by atoms with Crippen molar-refractivity contribution in [2.75, 3.05) is 7.05 Å². The van der Waals surface area contributed by atoms with E-state index in [1.807, 2.05) is 30.5 Å². The molecule has 112 valence electrons. The molecule has 0 aliphatic rings. The molecule has 0 aliphatic carbocycles. The van der Waals surface area contributed by atoms with Gasteiger partial charge in [-0.1, -0.05) is 42.8 Å². The molecule has 0 aliphatic heterocycles. The Hall–Kier alpha value is -1.42. The number of pyridine rings is 1. The van der Waals surface area contributed by atoms with Gasteiger partial charge in [-0.2, -0.15) is 0 Å². The van der Waals surface area contributed by atoms with E-state index in [2.05, 4.69) is 36.0 Å². The van der Waals surface area contributed by atoms with E-state index in [9.17, 15) is 0 Å². The van der Waals surface area contributed by atoms with Crippen molar-refractivity contribution < 1.29 is 0 Å². The number of halogens is 1. The van der Waals surface area contributed by atoms with Crippen LogP contribution in [0.15, 0.2) is 48.8 Å². The molecule has 2 rings (SSSR count). The van der Waals surface area contributed by atoms with E-state index >= 15 is 0 Å². The summed E-state index contributed by atoms with van der Waals surface area (Å²) in [7, 11) is 2.08. The second kappa shape index (κ2) is 7.55. The summed E-state index contributed by atoms with van der Waals surface area (Å²) in [6, 6.07) is 12.1. The lowest BCUT2D eigenvalue weighted by Gasteiger charge is -2.33. The highest BCUT2D eigenvalue weighted by atomic mass is 35.5. The van der Waals surface area contributed by atoms with Crippen LogP contribution in [0.25, 0.3) is 0 Å². The highest BCUT2D eigenvalue weighted by Crippen LogP contribution is 2.30. The maximum absolute atomic E-state index is 6.37. The molecule has 4 heteroatoms. The van der Waals surface area contributed by atoms with E-state index in [0.29, 0.717) is 0 Å². The Morgan fingerprint density at radius 2 is 2.00 bits per heavy atom.